The van der Waals surface area contributed by atoms with Crippen LogP contribution in [0.3, 0.4) is 0 Å². The number of halogens is 1. The molecule has 1 aromatic carbocycles. The lowest BCUT2D eigenvalue weighted by Crippen LogP contribution is -2.36. The van der Waals surface area contributed by atoms with Gasteiger partial charge in [0.25, 0.3) is 0 Å². The summed E-state index contributed by atoms with van der Waals surface area (Å²) in [4.78, 5) is 4.34. The third-order valence-corrected chi connectivity index (χ3v) is 5.14. The molecule has 1 aromatic heterocycles. The van der Waals surface area contributed by atoms with Crippen LogP contribution < -0.4 is 20.1 Å². The van der Waals surface area contributed by atoms with E-state index >= 15 is 0 Å². The van der Waals surface area contributed by atoms with E-state index in [1.165, 1.54) is 11.1 Å². The predicted octanol–water partition coefficient (Wildman–Crippen LogP) is 3.24. The van der Waals surface area contributed by atoms with Gasteiger partial charge in [0.1, 0.15) is 17.6 Å². The summed E-state index contributed by atoms with van der Waals surface area (Å²) in [5, 5.41) is 11.2. The summed E-state index contributed by atoms with van der Waals surface area (Å²) in [6, 6.07) is 4.19. The number of aliphatic imine (C=N–C) groups is 1. The van der Waals surface area contributed by atoms with Crippen molar-refractivity contribution >= 4 is 29.9 Å². The molecule has 3 rings (SSSR count). The smallest absolute Gasteiger partial charge is 0.191 e. The number of hydrogen-bond donors (Lipinski definition) is 2. The van der Waals surface area contributed by atoms with Gasteiger partial charge in [0.2, 0.25) is 0 Å². The van der Waals surface area contributed by atoms with E-state index in [0.29, 0.717) is 19.7 Å². The van der Waals surface area contributed by atoms with Crippen LogP contribution in [-0.4, -0.2) is 35.5 Å². The molecule has 1 aliphatic heterocycles. The van der Waals surface area contributed by atoms with Gasteiger partial charge in [0.15, 0.2) is 5.96 Å². The van der Waals surface area contributed by atoms with E-state index in [0.717, 1.165) is 40.8 Å². The van der Waals surface area contributed by atoms with Gasteiger partial charge in [-0.3, -0.25) is 9.67 Å². The van der Waals surface area contributed by atoms with Crippen molar-refractivity contribution in [3.05, 3.63) is 40.2 Å². The zero-order chi connectivity index (χ0) is 20.3. The first-order valence-corrected chi connectivity index (χ1v) is 9.81. The Morgan fingerprint density at radius 3 is 2.66 bits per heavy atom. The minimum atomic E-state index is 0. The number of ether oxygens (including phenoxy) is 2. The van der Waals surface area contributed by atoms with E-state index in [1.54, 1.807) is 7.05 Å². The van der Waals surface area contributed by atoms with Crippen molar-refractivity contribution in [2.45, 2.75) is 53.3 Å². The first-order chi connectivity index (χ1) is 13.4. The zero-order valence-electron chi connectivity index (χ0n) is 18.1. The molecule has 0 bridgehead atoms. The van der Waals surface area contributed by atoms with Gasteiger partial charge in [-0.1, -0.05) is 0 Å². The van der Waals surface area contributed by atoms with E-state index in [2.05, 4.69) is 46.7 Å². The van der Waals surface area contributed by atoms with Crippen molar-refractivity contribution in [2.24, 2.45) is 12.0 Å². The quantitative estimate of drug-likeness (QED) is 0.353. The Kier molecular flexibility index (Phi) is 8.18. The fourth-order valence-corrected chi connectivity index (χ4v) is 3.55. The maximum absolute atomic E-state index is 5.91. The molecule has 0 fully saturated rings. The van der Waals surface area contributed by atoms with Crippen LogP contribution in [0.2, 0.25) is 0 Å². The first-order valence-electron chi connectivity index (χ1n) is 9.81. The molecule has 0 amide bonds. The number of hydrogen-bond acceptors (Lipinski definition) is 4. The third kappa shape index (κ3) is 5.34. The first kappa shape index (κ1) is 23.3. The normalized spacial score (nSPS) is 15.4. The van der Waals surface area contributed by atoms with E-state index in [4.69, 9.17) is 9.47 Å². The minimum absolute atomic E-state index is 0. The van der Waals surface area contributed by atoms with Crippen molar-refractivity contribution in [3.63, 3.8) is 0 Å². The number of rotatable bonds is 6. The number of nitrogens with zero attached hydrogens (tertiary/aromatic N) is 3. The van der Waals surface area contributed by atoms with E-state index in [-0.39, 0.29) is 30.1 Å². The molecule has 0 spiro atoms. The number of aryl methyl sites for hydroxylation is 2. The second-order valence-electron chi connectivity index (χ2n) is 7.19. The summed E-state index contributed by atoms with van der Waals surface area (Å²) < 4.78 is 13.7. The highest BCUT2D eigenvalue weighted by Crippen LogP contribution is 2.35. The van der Waals surface area contributed by atoms with Crippen LogP contribution >= 0.6 is 24.0 Å². The molecular weight excluding hydrogens is 481 g/mol. The Bertz CT molecular complexity index is 878. The topological polar surface area (TPSA) is 72.7 Å². The van der Waals surface area contributed by atoms with Gasteiger partial charge >= 0.3 is 0 Å². The third-order valence-electron chi connectivity index (χ3n) is 5.14. The maximum atomic E-state index is 5.91. The second-order valence-corrected chi connectivity index (χ2v) is 7.19. The van der Waals surface area contributed by atoms with E-state index < -0.39 is 0 Å². The summed E-state index contributed by atoms with van der Waals surface area (Å²) in [6.45, 7) is 10.1. The molecule has 2 heterocycles. The number of nitrogens with one attached hydrogen (secondary N) is 2. The molecule has 1 unspecified atom stereocenters. The second kappa shape index (κ2) is 10.2. The van der Waals surface area contributed by atoms with Crippen LogP contribution in [0.25, 0.3) is 0 Å². The lowest BCUT2D eigenvalue weighted by molar-refractivity contribution is 0.254. The zero-order valence-corrected chi connectivity index (χ0v) is 20.5. The molecule has 160 valence electrons. The van der Waals surface area contributed by atoms with Crippen molar-refractivity contribution in [3.8, 4) is 11.5 Å². The molecule has 2 aromatic rings. The van der Waals surface area contributed by atoms with Crippen molar-refractivity contribution < 1.29 is 9.47 Å². The SMILES string of the molecule is CCOc1cc2c(cc1CNC(=NC)NCc1c(C)nn(C)c1C)OC(C)C2.I. The van der Waals surface area contributed by atoms with Crippen LogP contribution in [0, 0.1) is 13.8 Å². The number of guanidine groups is 1. The molecule has 29 heavy (non-hydrogen) atoms. The van der Waals surface area contributed by atoms with Gasteiger partial charge < -0.3 is 20.1 Å². The Hall–Kier alpha value is -1.97. The molecule has 0 saturated heterocycles. The largest absolute Gasteiger partial charge is 0.494 e. The standard InChI is InChI=1S/C21H31N5O2.HI/c1-7-27-19-9-16-8-13(2)28-20(16)10-17(19)11-23-21(22-5)24-12-18-14(3)25-26(6)15(18)4;/h9-10,13H,7-8,11-12H2,1-6H3,(H2,22,23,24);1H. The van der Waals surface area contributed by atoms with Gasteiger partial charge in [-0.05, 0) is 39.8 Å². The summed E-state index contributed by atoms with van der Waals surface area (Å²) in [5.41, 5.74) is 5.66. The summed E-state index contributed by atoms with van der Waals surface area (Å²) in [6.07, 6.45) is 1.14. The summed E-state index contributed by atoms with van der Waals surface area (Å²) in [7, 11) is 3.74. The van der Waals surface area contributed by atoms with Gasteiger partial charge in [0.05, 0.1) is 12.3 Å². The average molecular weight is 513 g/mol. The van der Waals surface area contributed by atoms with E-state index in [1.807, 2.05) is 25.6 Å². The molecular formula is C21H32IN5O2. The number of benzene rings is 1. The molecule has 1 atom stereocenters. The van der Waals surface area contributed by atoms with Crippen LogP contribution in [-0.2, 0) is 26.6 Å². The highest BCUT2D eigenvalue weighted by molar-refractivity contribution is 14.0. The predicted molar refractivity (Wildman–Crippen MR) is 127 cm³/mol. The van der Waals surface area contributed by atoms with Crippen LogP contribution in [0.1, 0.15) is 41.9 Å². The van der Waals surface area contributed by atoms with Gasteiger partial charge in [-0.25, -0.2) is 0 Å². The summed E-state index contributed by atoms with van der Waals surface area (Å²) in [5.74, 6) is 2.60. The van der Waals surface area contributed by atoms with Crippen LogP contribution in [0.4, 0.5) is 0 Å². The average Bonchev–Trinajstić information content (AvgIpc) is 3.13. The minimum Gasteiger partial charge on any atom is -0.494 e. The van der Waals surface area contributed by atoms with Crippen LogP contribution in [0.5, 0.6) is 11.5 Å². The Morgan fingerprint density at radius 1 is 1.31 bits per heavy atom. The monoisotopic (exact) mass is 513 g/mol. The maximum Gasteiger partial charge on any atom is 0.191 e. The van der Waals surface area contributed by atoms with Gasteiger partial charge in [-0.15, -0.1) is 24.0 Å². The molecule has 0 aliphatic carbocycles. The highest BCUT2D eigenvalue weighted by Gasteiger charge is 2.22. The Labute approximate surface area is 190 Å². The fraction of sp³-hybridized carbons (Fsp3) is 0.524. The van der Waals surface area contributed by atoms with Gasteiger partial charge in [0, 0.05) is 56.0 Å². The fourth-order valence-electron chi connectivity index (χ4n) is 3.55. The number of aromatic nitrogens is 2. The number of fused-ring (bicyclic) bond motifs is 1. The highest BCUT2D eigenvalue weighted by atomic mass is 127. The van der Waals surface area contributed by atoms with Crippen molar-refractivity contribution in [1.29, 1.82) is 0 Å². The summed E-state index contributed by atoms with van der Waals surface area (Å²) >= 11 is 0. The van der Waals surface area contributed by atoms with E-state index in [9.17, 15) is 0 Å². The molecule has 1 aliphatic rings. The molecule has 2 N–H and O–H groups in total. The lowest BCUT2D eigenvalue weighted by atomic mass is 10.1. The van der Waals surface area contributed by atoms with Crippen molar-refractivity contribution in [2.75, 3.05) is 13.7 Å². The molecule has 0 saturated carbocycles. The van der Waals surface area contributed by atoms with Gasteiger partial charge in [-0.2, -0.15) is 5.10 Å². The Balaban J connectivity index is 0.00000300. The lowest BCUT2D eigenvalue weighted by Gasteiger charge is -2.16. The molecule has 8 heteroatoms. The Morgan fingerprint density at radius 2 is 2.03 bits per heavy atom. The molecule has 0 radical (unpaired) electrons. The van der Waals surface area contributed by atoms with Crippen LogP contribution in [0.15, 0.2) is 17.1 Å². The van der Waals surface area contributed by atoms with Crippen molar-refractivity contribution in [1.82, 2.24) is 20.4 Å². The molecule has 7 nitrogen and oxygen atoms in total.